The zero-order valence-corrected chi connectivity index (χ0v) is 8.09. The summed E-state index contributed by atoms with van der Waals surface area (Å²) in [7, 11) is 0. The molecule has 1 aromatic carbocycles. The molecule has 0 aliphatic rings. The van der Waals surface area contributed by atoms with Gasteiger partial charge in [0.05, 0.1) is 0 Å². The lowest BCUT2D eigenvalue weighted by Crippen LogP contribution is -1.68. The Balaban J connectivity index is 2.52. The van der Waals surface area contributed by atoms with Crippen molar-refractivity contribution in [2.24, 2.45) is 0 Å². The fraction of sp³-hybridized carbons (Fsp3) is 0.0909. The lowest BCUT2D eigenvalue weighted by atomic mass is 10.2. The summed E-state index contributed by atoms with van der Waals surface area (Å²) in [6.07, 6.45) is 6.15. The summed E-state index contributed by atoms with van der Waals surface area (Å²) in [6.45, 7) is 0. The molecular weight excluding hydrogens is 178 g/mol. The van der Waals surface area contributed by atoms with Crippen LogP contribution in [0.1, 0.15) is 5.56 Å². The lowest BCUT2D eigenvalue weighted by Gasteiger charge is -1.89. The third-order valence-corrected chi connectivity index (χ3v) is 2.23. The largest absolute Gasteiger partial charge is 0.361 e. The summed E-state index contributed by atoms with van der Waals surface area (Å²) < 4.78 is 0. The number of aromatic nitrogens is 1. The fourth-order valence-electron chi connectivity index (χ4n) is 1.41. The zero-order chi connectivity index (χ0) is 9.10. The zero-order valence-electron chi connectivity index (χ0n) is 7.20. The van der Waals surface area contributed by atoms with Gasteiger partial charge in [-0.25, -0.2) is 0 Å². The molecule has 2 aromatic rings. The first-order valence-corrected chi connectivity index (χ1v) is 4.88. The molecule has 2 heteroatoms. The molecule has 0 aliphatic heterocycles. The van der Waals surface area contributed by atoms with Crippen LogP contribution in [-0.2, 0) is 0 Å². The van der Waals surface area contributed by atoms with Crippen molar-refractivity contribution in [1.82, 2.24) is 4.98 Å². The predicted octanol–water partition coefficient (Wildman–Crippen LogP) is 3.11. The summed E-state index contributed by atoms with van der Waals surface area (Å²) in [6, 6.07) is 8.27. The molecule has 1 nitrogen and oxygen atoms in total. The van der Waals surface area contributed by atoms with Crippen molar-refractivity contribution in [1.29, 1.82) is 0 Å². The van der Waals surface area contributed by atoms with E-state index in [0.29, 0.717) is 0 Å². The van der Waals surface area contributed by atoms with Crippen LogP contribution in [0.3, 0.4) is 0 Å². The van der Waals surface area contributed by atoms with Crippen molar-refractivity contribution in [3.05, 3.63) is 42.1 Å². The summed E-state index contributed by atoms with van der Waals surface area (Å²) >= 11 is 4.13. The maximum absolute atomic E-state index is 4.13. The highest BCUT2D eigenvalue weighted by Gasteiger charge is 1.97. The number of hydrogen-bond donors (Lipinski definition) is 2. The topological polar surface area (TPSA) is 15.8 Å². The van der Waals surface area contributed by atoms with Crippen molar-refractivity contribution in [2.45, 2.75) is 0 Å². The molecule has 0 unspecified atom stereocenters. The first kappa shape index (κ1) is 8.45. The number of aromatic amines is 1. The standard InChI is InChI=1S/C11H11NS/c13-7-3-4-9-8-12-11-6-2-1-5-10(9)11/h1-6,8,12-13H,7H2. The van der Waals surface area contributed by atoms with Crippen LogP contribution in [0, 0.1) is 0 Å². The van der Waals surface area contributed by atoms with Crippen molar-refractivity contribution in [3.8, 4) is 0 Å². The third kappa shape index (κ3) is 1.63. The van der Waals surface area contributed by atoms with E-state index in [2.05, 4.69) is 35.8 Å². The normalized spacial score (nSPS) is 11.5. The predicted molar refractivity (Wildman–Crippen MR) is 61.2 cm³/mol. The SMILES string of the molecule is SCC=Cc1c[nH]c2ccccc12. The number of para-hydroxylation sites is 1. The Hall–Kier alpha value is -1.15. The van der Waals surface area contributed by atoms with Crippen molar-refractivity contribution >= 4 is 29.6 Å². The van der Waals surface area contributed by atoms with Gasteiger partial charge in [0.15, 0.2) is 0 Å². The van der Waals surface area contributed by atoms with E-state index in [9.17, 15) is 0 Å². The second kappa shape index (κ2) is 3.71. The number of fused-ring (bicyclic) bond motifs is 1. The van der Waals surface area contributed by atoms with Crippen molar-refractivity contribution in [2.75, 3.05) is 5.75 Å². The van der Waals surface area contributed by atoms with Crippen LogP contribution in [-0.4, -0.2) is 10.7 Å². The number of nitrogens with one attached hydrogen (secondary N) is 1. The van der Waals surface area contributed by atoms with Gasteiger partial charge in [0.2, 0.25) is 0 Å². The van der Waals surface area contributed by atoms with Crippen LogP contribution >= 0.6 is 12.6 Å². The van der Waals surface area contributed by atoms with E-state index in [1.165, 1.54) is 16.5 Å². The molecule has 0 radical (unpaired) electrons. The van der Waals surface area contributed by atoms with Gasteiger partial charge in [0.1, 0.15) is 0 Å². The Kier molecular flexibility index (Phi) is 2.41. The quantitative estimate of drug-likeness (QED) is 0.675. The van der Waals surface area contributed by atoms with Crippen LogP contribution < -0.4 is 0 Å². The molecule has 1 heterocycles. The first-order valence-electron chi connectivity index (χ1n) is 4.25. The summed E-state index contributed by atoms with van der Waals surface area (Å²) in [5, 5.41) is 1.26. The van der Waals surface area contributed by atoms with E-state index in [4.69, 9.17) is 0 Å². The lowest BCUT2D eigenvalue weighted by molar-refractivity contribution is 1.47. The third-order valence-electron chi connectivity index (χ3n) is 2.02. The van der Waals surface area contributed by atoms with Gasteiger partial charge in [0, 0.05) is 22.9 Å². The Morgan fingerprint density at radius 1 is 1.31 bits per heavy atom. The number of rotatable bonds is 2. The maximum Gasteiger partial charge on any atom is 0.0460 e. The Morgan fingerprint density at radius 2 is 2.15 bits per heavy atom. The fourth-order valence-corrected chi connectivity index (χ4v) is 1.52. The van der Waals surface area contributed by atoms with Gasteiger partial charge in [-0.1, -0.05) is 30.4 Å². The molecule has 0 spiro atoms. The van der Waals surface area contributed by atoms with Gasteiger partial charge in [-0.15, -0.1) is 0 Å². The van der Waals surface area contributed by atoms with Crippen LogP contribution in [0.5, 0.6) is 0 Å². The molecule has 0 atom stereocenters. The Labute approximate surface area is 82.9 Å². The van der Waals surface area contributed by atoms with Gasteiger partial charge >= 0.3 is 0 Å². The minimum Gasteiger partial charge on any atom is -0.361 e. The highest BCUT2D eigenvalue weighted by molar-refractivity contribution is 7.80. The second-order valence-electron chi connectivity index (χ2n) is 2.87. The van der Waals surface area contributed by atoms with Crippen LogP contribution in [0.25, 0.3) is 17.0 Å². The van der Waals surface area contributed by atoms with E-state index >= 15 is 0 Å². The van der Waals surface area contributed by atoms with Crippen molar-refractivity contribution in [3.63, 3.8) is 0 Å². The van der Waals surface area contributed by atoms with Crippen molar-refractivity contribution < 1.29 is 0 Å². The smallest absolute Gasteiger partial charge is 0.0460 e. The van der Waals surface area contributed by atoms with E-state index in [-0.39, 0.29) is 0 Å². The molecule has 0 saturated carbocycles. The average Bonchev–Trinajstić information content (AvgIpc) is 2.58. The van der Waals surface area contributed by atoms with E-state index < -0.39 is 0 Å². The molecule has 0 saturated heterocycles. The van der Waals surface area contributed by atoms with Crippen LogP contribution in [0.15, 0.2) is 36.5 Å². The Bertz CT molecular complexity index is 428. The monoisotopic (exact) mass is 189 g/mol. The number of H-pyrrole nitrogens is 1. The Morgan fingerprint density at radius 3 is 3.00 bits per heavy atom. The molecule has 0 fully saturated rings. The van der Waals surface area contributed by atoms with Gasteiger partial charge < -0.3 is 4.98 Å². The number of benzene rings is 1. The van der Waals surface area contributed by atoms with E-state index in [1.54, 1.807) is 0 Å². The van der Waals surface area contributed by atoms with Gasteiger partial charge in [-0.2, -0.15) is 12.6 Å². The highest BCUT2D eigenvalue weighted by Crippen LogP contribution is 2.18. The van der Waals surface area contributed by atoms with E-state index in [0.717, 1.165) is 5.75 Å². The second-order valence-corrected chi connectivity index (χ2v) is 3.24. The minimum absolute atomic E-state index is 0.777. The molecule has 2 rings (SSSR count). The summed E-state index contributed by atoms with van der Waals surface area (Å²) in [4.78, 5) is 3.22. The molecule has 0 bridgehead atoms. The van der Waals surface area contributed by atoms with Gasteiger partial charge in [0.25, 0.3) is 0 Å². The van der Waals surface area contributed by atoms with Gasteiger partial charge in [-0.05, 0) is 11.6 Å². The molecule has 0 amide bonds. The highest BCUT2D eigenvalue weighted by atomic mass is 32.1. The molecular formula is C11H11NS. The minimum atomic E-state index is 0.777. The van der Waals surface area contributed by atoms with Crippen LogP contribution in [0.2, 0.25) is 0 Å². The molecule has 66 valence electrons. The number of thiol groups is 1. The molecule has 0 aliphatic carbocycles. The first-order chi connectivity index (χ1) is 6.42. The van der Waals surface area contributed by atoms with Crippen LogP contribution in [0.4, 0.5) is 0 Å². The summed E-state index contributed by atoms with van der Waals surface area (Å²) in [5.74, 6) is 0.777. The summed E-state index contributed by atoms with van der Waals surface area (Å²) in [5.41, 5.74) is 2.41. The molecule has 13 heavy (non-hydrogen) atoms. The molecule has 1 aromatic heterocycles. The average molecular weight is 189 g/mol. The molecule has 1 N–H and O–H groups in total. The number of hydrogen-bond acceptors (Lipinski definition) is 1. The van der Waals surface area contributed by atoms with E-state index in [1.807, 2.05) is 24.4 Å². The maximum atomic E-state index is 4.13. The van der Waals surface area contributed by atoms with Gasteiger partial charge in [-0.3, -0.25) is 0 Å².